The zero-order chi connectivity index (χ0) is 22.8. The Morgan fingerprint density at radius 2 is 1.78 bits per heavy atom. The van der Waals surface area contributed by atoms with E-state index in [0.717, 1.165) is 31.5 Å². The molecule has 2 aliphatic rings. The third kappa shape index (κ3) is 5.55. The number of hydrogen-bond donors (Lipinski definition) is 1. The molecule has 0 radical (unpaired) electrons. The maximum atomic E-state index is 12.9. The molecule has 32 heavy (non-hydrogen) atoms. The van der Waals surface area contributed by atoms with Gasteiger partial charge in [0.2, 0.25) is 0 Å². The Hall–Kier alpha value is -3.16. The van der Waals surface area contributed by atoms with E-state index in [9.17, 15) is 9.59 Å². The van der Waals surface area contributed by atoms with Gasteiger partial charge >= 0.3 is 12.1 Å². The predicted molar refractivity (Wildman–Crippen MR) is 121 cm³/mol. The fraction of sp³-hybridized carbons (Fsp3) is 0.500. The molecule has 0 bridgehead atoms. The van der Waals surface area contributed by atoms with Gasteiger partial charge in [-0.05, 0) is 57.4 Å². The first-order valence-corrected chi connectivity index (χ1v) is 11.1. The molecule has 2 fully saturated rings. The summed E-state index contributed by atoms with van der Waals surface area (Å²) in [5.74, 6) is 0.138. The van der Waals surface area contributed by atoms with E-state index in [1.54, 1.807) is 20.8 Å². The lowest BCUT2D eigenvalue weighted by atomic mass is 9.94. The lowest BCUT2D eigenvalue weighted by Crippen LogP contribution is -2.36. The van der Waals surface area contributed by atoms with Crippen LogP contribution in [0.4, 0.5) is 16.4 Å². The molecule has 1 saturated carbocycles. The summed E-state index contributed by atoms with van der Waals surface area (Å²) >= 11 is 0. The van der Waals surface area contributed by atoms with E-state index in [1.807, 2.05) is 30.3 Å². The number of aromatic nitrogens is 2. The minimum atomic E-state index is -0.632. The topological polar surface area (TPSA) is 93.6 Å². The Balaban J connectivity index is 1.52. The van der Waals surface area contributed by atoms with Gasteiger partial charge in [-0.2, -0.15) is 0 Å². The standard InChI is InChI=1S/C24H30N4O4/c1-23(2,3)32-22(30)27-18-15-25-19(21(29)31-16-17-7-5-4-6-8-17)20(26-18)28-13-11-24(9-10-24)12-14-28/h4-8,15H,9-14,16H2,1-3H3,(H,26,27,30). The zero-order valence-corrected chi connectivity index (χ0v) is 18.9. The van der Waals surface area contributed by atoms with E-state index in [0.29, 0.717) is 11.2 Å². The van der Waals surface area contributed by atoms with Gasteiger partial charge in [0.05, 0.1) is 6.20 Å². The van der Waals surface area contributed by atoms with E-state index in [1.165, 1.54) is 19.0 Å². The third-order valence-electron chi connectivity index (χ3n) is 5.87. The lowest BCUT2D eigenvalue weighted by Gasteiger charge is -2.33. The SMILES string of the molecule is CC(C)(C)OC(=O)Nc1cnc(C(=O)OCc2ccccc2)c(N2CCC3(CC2)CC3)n1. The smallest absolute Gasteiger partial charge is 0.413 e. The molecule has 8 nitrogen and oxygen atoms in total. The number of piperidine rings is 1. The Labute approximate surface area is 188 Å². The summed E-state index contributed by atoms with van der Waals surface area (Å²) in [5.41, 5.74) is 0.895. The highest BCUT2D eigenvalue weighted by molar-refractivity contribution is 5.93. The van der Waals surface area contributed by atoms with Gasteiger partial charge in [-0.15, -0.1) is 0 Å². The number of ether oxygens (including phenoxy) is 2. The van der Waals surface area contributed by atoms with Crippen LogP contribution in [0.15, 0.2) is 36.5 Å². The maximum absolute atomic E-state index is 12.9. The number of esters is 1. The quantitative estimate of drug-likeness (QED) is 0.684. The Kier molecular flexibility index (Phi) is 6.04. The molecule has 170 valence electrons. The second-order valence-corrected chi connectivity index (χ2v) is 9.60. The lowest BCUT2D eigenvalue weighted by molar-refractivity contribution is 0.0465. The summed E-state index contributed by atoms with van der Waals surface area (Å²) in [4.78, 5) is 36.0. The molecule has 2 heterocycles. The molecular formula is C24H30N4O4. The van der Waals surface area contributed by atoms with Gasteiger partial charge < -0.3 is 14.4 Å². The molecule has 1 aromatic heterocycles. The summed E-state index contributed by atoms with van der Waals surface area (Å²) in [6.45, 7) is 7.11. The highest BCUT2D eigenvalue weighted by atomic mass is 16.6. The number of carbonyl (C=O) groups excluding carboxylic acids is 2. The normalized spacial score (nSPS) is 17.0. The van der Waals surface area contributed by atoms with Gasteiger partial charge in [0, 0.05) is 13.1 Å². The Morgan fingerprint density at radius 3 is 2.41 bits per heavy atom. The number of amides is 1. The van der Waals surface area contributed by atoms with Crippen LogP contribution in [0.1, 0.15) is 62.5 Å². The second kappa shape index (κ2) is 8.76. The van der Waals surface area contributed by atoms with E-state index >= 15 is 0 Å². The molecule has 4 rings (SSSR count). The summed E-state index contributed by atoms with van der Waals surface area (Å²) in [7, 11) is 0. The van der Waals surface area contributed by atoms with Gasteiger partial charge in [-0.1, -0.05) is 30.3 Å². The molecular weight excluding hydrogens is 408 g/mol. The van der Waals surface area contributed by atoms with Crippen molar-refractivity contribution in [2.45, 2.75) is 58.7 Å². The highest BCUT2D eigenvalue weighted by Gasteiger charge is 2.45. The number of nitrogens with one attached hydrogen (secondary N) is 1. The largest absolute Gasteiger partial charge is 0.456 e. The fourth-order valence-electron chi connectivity index (χ4n) is 3.87. The fourth-order valence-corrected chi connectivity index (χ4v) is 3.87. The molecule has 1 saturated heterocycles. The number of hydrogen-bond acceptors (Lipinski definition) is 7. The van der Waals surface area contributed by atoms with Gasteiger partial charge in [0.25, 0.3) is 0 Å². The van der Waals surface area contributed by atoms with Crippen molar-refractivity contribution in [2.75, 3.05) is 23.3 Å². The summed E-state index contributed by atoms with van der Waals surface area (Å²) in [6.07, 6.45) is 5.43. The van der Waals surface area contributed by atoms with Gasteiger partial charge in [-0.25, -0.2) is 19.6 Å². The minimum absolute atomic E-state index is 0.155. The second-order valence-electron chi connectivity index (χ2n) is 9.60. The van der Waals surface area contributed by atoms with Gasteiger partial charge in [0.15, 0.2) is 17.3 Å². The minimum Gasteiger partial charge on any atom is -0.456 e. The van der Waals surface area contributed by atoms with Crippen LogP contribution in [-0.4, -0.2) is 40.7 Å². The van der Waals surface area contributed by atoms with Crippen LogP contribution in [0.25, 0.3) is 0 Å². The monoisotopic (exact) mass is 438 g/mol. The van der Waals surface area contributed by atoms with Crippen LogP contribution >= 0.6 is 0 Å². The molecule has 0 unspecified atom stereocenters. The first-order valence-electron chi connectivity index (χ1n) is 11.1. The van der Waals surface area contributed by atoms with Crippen molar-refractivity contribution < 1.29 is 19.1 Å². The molecule has 1 aromatic carbocycles. The first-order chi connectivity index (χ1) is 15.2. The molecule has 1 N–H and O–H groups in total. The molecule has 8 heteroatoms. The van der Waals surface area contributed by atoms with E-state index in [2.05, 4.69) is 20.2 Å². The van der Waals surface area contributed by atoms with Crippen LogP contribution in [0.2, 0.25) is 0 Å². The molecule has 0 atom stereocenters. The van der Waals surface area contributed by atoms with Gasteiger partial charge in [-0.3, -0.25) is 5.32 Å². The number of carbonyl (C=O) groups is 2. The Bertz CT molecular complexity index is 973. The average Bonchev–Trinajstić information content (AvgIpc) is 3.50. The van der Waals surface area contributed by atoms with Crippen LogP contribution < -0.4 is 10.2 Å². The number of rotatable bonds is 5. The van der Waals surface area contributed by atoms with Crippen molar-refractivity contribution >= 4 is 23.7 Å². The summed E-state index contributed by atoms with van der Waals surface area (Å²) in [6, 6.07) is 9.50. The van der Waals surface area contributed by atoms with Crippen molar-refractivity contribution in [3.05, 3.63) is 47.8 Å². The van der Waals surface area contributed by atoms with Crippen molar-refractivity contribution in [2.24, 2.45) is 5.41 Å². The average molecular weight is 439 g/mol. The molecule has 1 amide bonds. The Morgan fingerprint density at radius 1 is 1.09 bits per heavy atom. The number of nitrogens with zero attached hydrogens (tertiary/aromatic N) is 3. The van der Waals surface area contributed by atoms with E-state index in [-0.39, 0.29) is 18.1 Å². The van der Waals surface area contributed by atoms with Crippen LogP contribution in [0.5, 0.6) is 0 Å². The van der Waals surface area contributed by atoms with E-state index in [4.69, 9.17) is 9.47 Å². The molecule has 1 aliphatic carbocycles. The van der Waals surface area contributed by atoms with Crippen LogP contribution in [0.3, 0.4) is 0 Å². The molecule has 1 spiro atoms. The van der Waals surface area contributed by atoms with Crippen molar-refractivity contribution in [1.82, 2.24) is 9.97 Å². The summed E-state index contributed by atoms with van der Waals surface area (Å²) < 4.78 is 10.8. The highest BCUT2D eigenvalue weighted by Crippen LogP contribution is 2.53. The molecule has 1 aliphatic heterocycles. The summed E-state index contributed by atoms with van der Waals surface area (Å²) in [5, 5.41) is 2.62. The van der Waals surface area contributed by atoms with Crippen molar-refractivity contribution in [3.63, 3.8) is 0 Å². The third-order valence-corrected chi connectivity index (χ3v) is 5.87. The van der Waals surface area contributed by atoms with Crippen LogP contribution in [-0.2, 0) is 16.1 Å². The van der Waals surface area contributed by atoms with E-state index < -0.39 is 17.7 Å². The number of benzene rings is 1. The van der Waals surface area contributed by atoms with Crippen LogP contribution in [0, 0.1) is 5.41 Å². The maximum Gasteiger partial charge on any atom is 0.413 e. The zero-order valence-electron chi connectivity index (χ0n) is 18.9. The van der Waals surface area contributed by atoms with Crippen molar-refractivity contribution in [1.29, 1.82) is 0 Å². The first kappa shape index (κ1) is 22.0. The predicted octanol–water partition coefficient (Wildman–Crippen LogP) is 4.56. The van der Waals surface area contributed by atoms with Gasteiger partial charge in [0.1, 0.15) is 12.2 Å². The number of anilines is 2. The molecule has 2 aromatic rings. The van der Waals surface area contributed by atoms with Crippen molar-refractivity contribution in [3.8, 4) is 0 Å².